The van der Waals surface area contributed by atoms with E-state index in [0.717, 1.165) is 11.6 Å². The Morgan fingerprint density at radius 2 is 2.14 bits per heavy atom. The first-order chi connectivity index (χ1) is 9.86. The second kappa shape index (κ2) is 7.25. The maximum Gasteiger partial charge on any atom is 0.328 e. The molecule has 0 spiro atoms. The summed E-state index contributed by atoms with van der Waals surface area (Å²) in [4.78, 5) is 24.4. The monoisotopic (exact) mass is 286 g/mol. The number of nitrogens with zero attached hydrogens (tertiary/aromatic N) is 2. The summed E-state index contributed by atoms with van der Waals surface area (Å²) in [6.07, 6.45) is 2.77. The van der Waals surface area contributed by atoms with E-state index in [1.54, 1.807) is 32.2 Å². The molecule has 1 aromatic carbocycles. The first kappa shape index (κ1) is 16.4. The van der Waals surface area contributed by atoms with Gasteiger partial charge in [0.1, 0.15) is 0 Å². The predicted molar refractivity (Wildman–Crippen MR) is 79.6 cm³/mol. The van der Waals surface area contributed by atoms with Gasteiger partial charge >= 0.3 is 5.97 Å². The number of hydrogen-bond acceptors (Lipinski definition) is 3. The van der Waals surface area contributed by atoms with Crippen molar-refractivity contribution in [3.8, 4) is 6.07 Å². The third kappa shape index (κ3) is 4.46. The molecule has 0 aliphatic carbocycles. The fourth-order valence-corrected chi connectivity index (χ4v) is 1.79. The van der Waals surface area contributed by atoms with Crippen molar-refractivity contribution in [2.45, 2.75) is 26.3 Å². The topological polar surface area (TPSA) is 81.4 Å². The van der Waals surface area contributed by atoms with Crippen LogP contribution >= 0.6 is 0 Å². The first-order valence-corrected chi connectivity index (χ1v) is 6.52. The van der Waals surface area contributed by atoms with Crippen molar-refractivity contribution in [3.63, 3.8) is 0 Å². The van der Waals surface area contributed by atoms with Crippen molar-refractivity contribution in [1.82, 2.24) is 4.90 Å². The quantitative estimate of drug-likeness (QED) is 0.843. The minimum Gasteiger partial charge on any atom is -0.478 e. The van der Waals surface area contributed by atoms with Gasteiger partial charge in [0.2, 0.25) is 0 Å². The van der Waals surface area contributed by atoms with Gasteiger partial charge in [-0.25, -0.2) is 4.79 Å². The summed E-state index contributed by atoms with van der Waals surface area (Å²) in [5.41, 5.74) is 2.04. The lowest BCUT2D eigenvalue weighted by Gasteiger charge is -2.23. The van der Waals surface area contributed by atoms with Gasteiger partial charge in [-0.05, 0) is 43.2 Å². The van der Waals surface area contributed by atoms with Gasteiger partial charge in [0.05, 0.1) is 12.5 Å². The summed E-state index contributed by atoms with van der Waals surface area (Å²) in [5.74, 6) is -1.23. The number of carboxylic acid groups (broad SMARTS) is 1. The van der Waals surface area contributed by atoms with Crippen LogP contribution in [-0.2, 0) is 4.79 Å². The van der Waals surface area contributed by atoms with Gasteiger partial charge in [0.15, 0.2) is 0 Å². The first-order valence-electron chi connectivity index (χ1n) is 6.52. The molecule has 0 aliphatic heterocycles. The number of rotatable bonds is 5. The zero-order valence-electron chi connectivity index (χ0n) is 12.3. The molecular weight excluding hydrogens is 268 g/mol. The zero-order chi connectivity index (χ0) is 16.0. The summed E-state index contributed by atoms with van der Waals surface area (Å²) in [6, 6.07) is 6.99. The number of carbonyl (C=O) groups is 2. The summed E-state index contributed by atoms with van der Waals surface area (Å²) in [5, 5.41) is 17.4. The van der Waals surface area contributed by atoms with E-state index in [9.17, 15) is 9.59 Å². The van der Waals surface area contributed by atoms with Crippen LogP contribution in [0.5, 0.6) is 0 Å². The highest BCUT2D eigenvalue weighted by molar-refractivity contribution is 5.95. The smallest absolute Gasteiger partial charge is 0.328 e. The molecule has 0 radical (unpaired) electrons. The van der Waals surface area contributed by atoms with E-state index < -0.39 is 5.97 Å². The number of aliphatic carboxylic acids is 1. The Balaban J connectivity index is 3.04. The predicted octanol–water partition coefficient (Wildman–Crippen LogP) is 2.47. The molecule has 0 aliphatic rings. The van der Waals surface area contributed by atoms with Gasteiger partial charge in [0, 0.05) is 24.7 Å². The number of hydrogen-bond donors (Lipinski definition) is 1. The fraction of sp³-hybridized carbons (Fsp3) is 0.312. The van der Waals surface area contributed by atoms with Gasteiger partial charge in [-0.2, -0.15) is 5.26 Å². The SMILES string of the molecule is Cc1ccc(C(=O)N(C)C(C)CC#N)cc1/C=C/C(=O)O. The van der Waals surface area contributed by atoms with E-state index in [2.05, 4.69) is 0 Å². The maximum absolute atomic E-state index is 12.3. The molecular formula is C16H18N2O3. The molecule has 1 amide bonds. The molecule has 0 bridgehead atoms. The molecule has 1 N–H and O–H groups in total. The number of nitriles is 1. The average Bonchev–Trinajstić information content (AvgIpc) is 2.45. The molecule has 0 heterocycles. The van der Waals surface area contributed by atoms with Gasteiger partial charge in [-0.3, -0.25) is 4.79 Å². The van der Waals surface area contributed by atoms with Gasteiger partial charge in [-0.15, -0.1) is 0 Å². The molecule has 0 saturated carbocycles. The second-order valence-corrected chi connectivity index (χ2v) is 4.87. The molecule has 0 saturated heterocycles. The molecule has 1 rings (SSSR count). The third-order valence-corrected chi connectivity index (χ3v) is 3.30. The van der Waals surface area contributed by atoms with E-state index in [4.69, 9.17) is 10.4 Å². The number of carboxylic acids is 1. The minimum absolute atomic E-state index is 0.179. The highest BCUT2D eigenvalue weighted by Gasteiger charge is 2.17. The molecule has 1 unspecified atom stereocenters. The van der Waals surface area contributed by atoms with Crippen LogP contribution in [0.2, 0.25) is 0 Å². The molecule has 0 aromatic heterocycles. The van der Waals surface area contributed by atoms with Crippen LogP contribution in [-0.4, -0.2) is 35.0 Å². The van der Waals surface area contributed by atoms with Crippen LogP contribution in [0.1, 0.15) is 34.8 Å². The van der Waals surface area contributed by atoms with Gasteiger partial charge < -0.3 is 10.0 Å². The molecule has 5 heteroatoms. The lowest BCUT2D eigenvalue weighted by Crippen LogP contribution is -2.34. The molecule has 1 atom stereocenters. The van der Waals surface area contributed by atoms with Crippen molar-refractivity contribution in [3.05, 3.63) is 41.0 Å². The molecule has 1 aromatic rings. The van der Waals surface area contributed by atoms with Crippen LogP contribution in [0.4, 0.5) is 0 Å². The van der Waals surface area contributed by atoms with Crippen molar-refractivity contribution >= 4 is 18.0 Å². The van der Waals surface area contributed by atoms with Crippen LogP contribution in [0.25, 0.3) is 6.08 Å². The Kier molecular flexibility index (Phi) is 5.67. The highest BCUT2D eigenvalue weighted by atomic mass is 16.4. The lowest BCUT2D eigenvalue weighted by molar-refractivity contribution is -0.131. The maximum atomic E-state index is 12.3. The summed E-state index contributed by atoms with van der Waals surface area (Å²) in [6.45, 7) is 3.65. The lowest BCUT2D eigenvalue weighted by atomic mass is 10.0. The van der Waals surface area contributed by atoms with E-state index in [0.29, 0.717) is 11.1 Å². The Hall–Kier alpha value is -2.61. The normalized spacial score (nSPS) is 11.9. The standard InChI is InChI=1S/C16H18N2O3/c1-11-4-5-14(10-13(11)6-7-15(19)20)16(21)18(3)12(2)8-9-17/h4-7,10,12H,8H2,1-3H3,(H,19,20)/b7-6+. The van der Waals surface area contributed by atoms with Gasteiger partial charge in [0.25, 0.3) is 5.91 Å². The van der Waals surface area contributed by atoms with Crippen LogP contribution < -0.4 is 0 Å². The van der Waals surface area contributed by atoms with Crippen LogP contribution in [0.15, 0.2) is 24.3 Å². The van der Waals surface area contributed by atoms with Crippen molar-refractivity contribution in [2.24, 2.45) is 0 Å². The zero-order valence-corrected chi connectivity index (χ0v) is 12.3. The molecule has 110 valence electrons. The van der Waals surface area contributed by atoms with Gasteiger partial charge in [-0.1, -0.05) is 6.07 Å². The Morgan fingerprint density at radius 1 is 1.48 bits per heavy atom. The van der Waals surface area contributed by atoms with Crippen LogP contribution in [0.3, 0.4) is 0 Å². The Bertz CT molecular complexity index is 614. The second-order valence-electron chi connectivity index (χ2n) is 4.87. The van der Waals surface area contributed by atoms with E-state index >= 15 is 0 Å². The number of amides is 1. The Morgan fingerprint density at radius 3 is 2.71 bits per heavy atom. The summed E-state index contributed by atoms with van der Waals surface area (Å²) >= 11 is 0. The summed E-state index contributed by atoms with van der Waals surface area (Å²) < 4.78 is 0. The van der Waals surface area contributed by atoms with Crippen molar-refractivity contribution < 1.29 is 14.7 Å². The molecule has 0 fully saturated rings. The highest BCUT2D eigenvalue weighted by Crippen LogP contribution is 2.16. The largest absolute Gasteiger partial charge is 0.478 e. The molecule has 21 heavy (non-hydrogen) atoms. The minimum atomic E-state index is -1.04. The average molecular weight is 286 g/mol. The van der Waals surface area contributed by atoms with Crippen LogP contribution in [0, 0.1) is 18.3 Å². The van der Waals surface area contributed by atoms with E-state index in [1.165, 1.54) is 11.0 Å². The number of benzene rings is 1. The van der Waals surface area contributed by atoms with E-state index in [-0.39, 0.29) is 18.4 Å². The fourth-order valence-electron chi connectivity index (χ4n) is 1.79. The van der Waals surface area contributed by atoms with Crippen molar-refractivity contribution in [2.75, 3.05) is 7.05 Å². The Labute approximate surface area is 124 Å². The third-order valence-electron chi connectivity index (χ3n) is 3.30. The molecule has 5 nitrogen and oxygen atoms in total. The van der Waals surface area contributed by atoms with E-state index in [1.807, 2.05) is 13.0 Å². The summed E-state index contributed by atoms with van der Waals surface area (Å²) in [7, 11) is 1.65. The number of carbonyl (C=O) groups excluding carboxylic acids is 1. The van der Waals surface area contributed by atoms with Crippen molar-refractivity contribution in [1.29, 1.82) is 5.26 Å². The number of aryl methyl sites for hydroxylation is 1.